The molecule has 0 N–H and O–H groups in total. The van der Waals surface area contributed by atoms with Gasteiger partial charge in [-0.05, 0) is 37.2 Å². The number of alkyl halides is 2. The second kappa shape index (κ2) is 5.68. The van der Waals surface area contributed by atoms with Gasteiger partial charge in [-0.2, -0.15) is 8.78 Å². The Morgan fingerprint density at radius 2 is 1.74 bits per heavy atom. The van der Waals surface area contributed by atoms with E-state index in [1.165, 1.54) is 5.56 Å². The van der Waals surface area contributed by atoms with E-state index in [0.717, 1.165) is 12.8 Å². The number of halogens is 2. The van der Waals surface area contributed by atoms with Crippen LogP contribution in [0.2, 0.25) is 0 Å². The lowest BCUT2D eigenvalue weighted by molar-refractivity contribution is -0.176. The first-order valence-electron chi connectivity index (χ1n) is 6.60. The average Bonchev–Trinajstić information content (AvgIpc) is 2.39. The number of ether oxygens (including phenoxy) is 1. The number of rotatable bonds is 3. The van der Waals surface area contributed by atoms with E-state index in [9.17, 15) is 13.6 Å². The zero-order valence-electron chi connectivity index (χ0n) is 10.9. The first-order chi connectivity index (χ1) is 8.97. The van der Waals surface area contributed by atoms with Crippen molar-refractivity contribution in [1.29, 1.82) is 0 Å². The van der Waals surface area contributed by atoms with Crippen molar-refractivity contribution in [3.63, 3.8) is 0 Å². The van der Waals surface area contributed by atoms with Gasteiger partial charge in [0.05, 0.1) is 0 Å². The van der Waals surface area contributed by atoms with Crippen LogP contribution in [0.4, 0.5) is 8.78 Å². The lowest BCUT2D eigenvalue weighted by Crippen LogP contribution is -2.32. The molecule has 1 aliphatic rings. The minimum absolute atomic E-state index is 0.363. The van der Waals surface area contributed by atoms with Gasteiger partial charge in [-0.3, -0.25) is 0 Å². The highest BCUT2D eigenvalue weighted by Gasteiger charge is 2.37. The summed E-state index contributed by atoms with van der Waals surface area (Å²) in [5, 5.41) is 0. The normalized spacial score (nSPS) is 23.9. The predicted molar refractivity (Wildman–Crippen MR) is 68.2 cm³/mol. The SMILES string of the molecule is CC(F)(F)C(=O)OC1CCC(c2ccccc2)CC1. The summed E-state index contributed by atoms with van der Waals surface area (Å²) >= 11 is 0. The summed E-state index contributed by atoms with van der Waals surface area (Å²) in [5.74, 6) is -4.36. The maximum absolute atomic E-state index is 12.7. The van der Waals surface area contributed by atoms with Gasteiger partial charge in [0.25, 0.3) is 0 Å². The second-order valence-electron chi connectivity index (χ2n) is 5.18. The zero-order valence-corrected chi connectivity index (χ0v) is 10.9. The highest BCUT2D eigenvalue weighted by atomic mass is 19.3. The molecule has 2 nitrogen and oxygen atoms in total. The molecule has 19 heavy (non-hydrogen) atoms. The van der Waals surface area contributed by atoms with Crippen molar-refractivity contribution >= 4 is 5.97 Å². The molecule has 0 aromatic heterocycles. The molecule has 0 heterocycles. The Morgan fingerprint density at radius 3 is 2.26 bits per heavy atom. The Labute approximate surface area is 111 Å². The van der Waals surface area contributed by atoms with Crippen LogP contribution in [0.1, 0.15) is 44.1 Å². The highest BCUT2D eigenvalue weighted by Crippen LogP contribution is 2.34. The standard InChI is InChI=1S/C15H18F2O2/c1-15(16,17)14(18)19-13-9-7-12(8-10-13)11-5-3-2-4-6-11/h2-6,12-13H,7-10H2,1H3. The minimum Gasteiger partial charge on any atom is -0.458 e. The van der Waals surface area contributed by atoms with E-state index in [4.69, 9.17) is 4.74 Å². The molecule has 0 radical (unpaired) electrons. The average molecular weight is 268 g/mol. The first kappa shape index (κ1) is 14.0. The molecule has 0 saturated heterocycles. The molecular formula is C15H18F2O2. The zero-order chi connectivity index (χ0) is 13.9. The maximum Gasteiger partial charge on any atom is 0.376 e. The summed E-state index contributed by atoms with van der Waals surface area (Å²) in [4.78, 5) is 11.1. The number of esters is 1. The van der Waals surface area contributed by atoms with Gasteiger partial charge in [-0.25, -0.2) is 4.79 Å². The highest BCUT2D eigenvalue weighted by molar-refractivity contribution is 5.77. The molecule has 104 valence electrons. The van der Waals surface area contributed by atoms with Crippen molar-refractivity contribution < 1.29 is 18.3 Å². The van der Waals surface area contributed by atoms with Crippen LogP contribution in [-0.2, 0) is 9.53 Å². The van der Waals surface area contributed by atoms with Crippen LogP contribution in [0.3, 0.4) is 0 Å². The van der Waals surface area contributed by atoms with Crippen LogP contribution >= 0.6 is 0 Å². The molecule has 0 bridgehead atoms. The van der Waals surface area contributed by atoms with Gasteiger partial charge in [-0.15, -0.1) is 0 Å². The summed E-state index contributed by atoms with van der Waals surface area (Å²) in [5.41, 5.74) is 1.27. The van der Waals surface area contributed by atoms with E-state index >= 15 is 0 Å². The van der Waals surface area contributed by atoms with Gasteiger partial charge in [-0.1, -0.05) is 30.3 Å². The third-order valence-electron chi connectivity index (χ3n) is 3.58. The van der Waals surface area contributed by atoms with E-state index in [0.29, 0.717) is 25.7 Å². The molecule has 0 atom stereocenters. The molecule has 2 rings (SSSR count). The monoisotopic (exact) mass is 268 g/mol. The maximum atomic E-state index is 12.7. The Morgan fingerprint density at radius 1 is 1.16 bits per heavy atom. The van der Waals surface area contributed by atoms with E-state index in [-0.39, 0.29) is 6.10 Å². The molecule has 0 aliphatic heterocycles. The van der Waals surface area contributed by atoms with Crippen molar-refractivity contribution in [2.24, 2.45) is 0 Å². The Hall–Kier alpha value is -1.45. The largest absolute Gasteiger partial charge is 0.458 e. The van der Waals surface area contributed by atoms with Gasteiger partial charge in [0.2, 0.25) is 0 Å². The fraction of sp³-hybridized carbons (Fsp3) is 0.533. The lowest BCUT2D eigenvalue weighted by atomic mass is 9.83. The summed E-state index contributed by atoms with van der Waals surface area (Å²) in [7, 11) is 0. The molecule has 4 heteroatoms. The molecule has 1 aromatic carbocycles. The van der Waals surface area contributed by atoms with Gasteiger partial charge < -0.3 is 4.74 Å². The van der Waals surface area contributed by atoms with Gasteiger partial charge in [0, 0.05) is 6.92 Å². The molecular weight excluding hydrogens is 250 g/mol. The molecule has 1 saturated carbocycles. The van der Waals surface area contributed by atoms with E-state index in [1.807, 2.05) is 18.2 Å². The minimum atomic E-state index is -3.39. The molecule has 0 spiro atoms. The van der Waals surface area contributed by atoms with E-state index in [2.05, 4.69) is 12.1 Å². The Kier molecular flexibility index (Phi) is 4.17. The van der Waals surface area contributed by atoms with E-state index < -0.39 is 11.9 Å². The number of hydrogen-bond acceptors (Lipinski definition) is 2. The van der Waals surface area contributed by atoms with Crippen LogP contribution in [0.15, 0.2) is 30.3 Å². The summed E-state index contributed by atoms with van der Waals surface area (Å²) in [6, 6.07) is 10.1. The Balaban J connectivity index is 1.85. The van der Waals surface area contributed by atoms with Crippen molar-refractivity contribution in [2.45, 2.75) is 50.6 Å². The third-order valence-corrected chi connectivity index (χ3v) is 3.58. The third kappa shape index (κ3) is 3.75. The first-order valence-corrected chi connectivity index (χ1v) is 6.60. The van der Waals surface area contributed by atoms with Crippen LogP contribution < -0.4 is 0 Å². The van der Waals surface area contributed by atoms with Crippen LogP contribution in [0.5, 0.6) is 0 Å². The smallest absolute Gasteiger partial charge is 0.376 e. The van der Waals surface area contributed by atoms with Crippen LogP contribution in [-0.4, -0.2) is 18.0 Å². The molecule has 1 aliphatic carbocycles. The quantitative estimate of drug-likeness (QED) is 0.777. The topological polar surface area (TPSA) is 26.3 Å². The van der Waals surface area contributed by atoms with Gasteiger partial charge in [0.1, 0.15) is 6.10 Å². The number of benzene rings is 1. The van der Waals surface area contributed by atoms with Crippen molar-refractivity contribution in [3.05, 3.63) is 35.9 Å². The van der Waals surface area contributed by atoms with Crippen LogP contribution in [0, 0.1) is 0 Å². The second-order valence-corrected chi connectivity index (χ2v) is 5.18. The van der Waals surface area contributed by atoms with Gasteiger partial charge in [0.15, 0.2) is 0 Å². The van der Waals surface area contributed by atoms with Crippen molar-refractivity contribution in [2.75, 3.05) is 0 Å². The fourth-order valence-electron chi connectivity index (χ4n) is 2.49. The lowest BCUT2D eigenvalue weighted by Gasteiger charge is -2.29. The predicted octanol–water partition coefficient (Wildman–Crippen LogP) is 3.91. The van der Waals surface area contributed by atoms with Crippen molar-refractivity contribution in [3.8, 4) is 0 Å². The molecule has 1 aromatic rings. The summed E-state index contributed by atoms with van der Waals surface area (Å²) in [6.45, 7) is 0.574. The molecule has 1 fully saturated rings. The van der Waals surface area contributed by atoms with Crippen LogP contribution in [0.25, 0.3) is 0 Å². The van der Waals surface area contributed by atoms with Crippen molar-refractivity contribution in [1.82, 2.24) is 0 Å². The summed E-state index contributed by atoms with van der Waals surface area (Å²) < 4.78 is 30.3. The van der Waals surface area contributed by atoms with E-state index in [1.54, 1.807) is 0 Å². The number of carbonyl (C=O) groups is 1. The summed E-state index contributed by atoms with van der Waals surface area (Å²) in [6.07, 6.45) is 2.69. The molecule has 0 amide bonds. The fourth-order valence-corrected chi connectivity index (χ4v) is 2.49. The molecule has 0 unspecified atom stereocenters. The van der Waals surface area contributed by atoms with Gasteiger partial charge >= 0.3 is 11.9 Å². The number of hydrogen-bond donors (Lipinski definition) is 0. The number of carbonyl (C=O) groups excluding carboxylic acids is 1. The Bertz CT molecular complexity index is 418.